The maximum Gasteiger partial charge on any atom is 0.323 e. The monoisotopic (exact) mass is 271 g/mol. The van der Waals surface area contributed by atoms with Crippen LogP contribution in [-0.2, 0) is 4.79 Å². The lowest BCUT2D eigenvalue weighted by Crippen LogP contribution is -2.30. The van der Waals surface area contributed by atoms with Gasteiger partial charge in [-0.2, -0.15) is 0 Å². The molecule has 0 amide bonds. The molecule has 1 aromatic heterocycles. The lowest BCUT2D eigenvalue weighted by atomic mass is 10.3. The van der Waals surface area contributed by atoms with Gasteiger partial charge >= 0.3 is 5.97 Å². The third-order valence-corrected chi connectivity index (χ3v) is 2.27. The number of carbonyl (C=O) groups is 1. The first-order valence-electron chi connectivity index (χ1n) is 4.83. The molecule has 0 spiro atoms. The Morgan fingerprint density at radius 3 is 2.83 bits per heavy atom. The van der Waals surface area contributed by atoms with Crippen LogP contribution in [0, 0.1) is 10.1 Å². The number of carboxylic acids is 1. The largest absolute Gasteiger partial charge is 0.480 e. The van der Waals surface area contributed by atoms with Crippen LogP contribution < -0.4 is 4.90 Å². The maximum absolute atomic E-state index is 10.7. The number of rotatable bonds is 6. The number of hydrogen-bond acceptors (Lipinski definition) is 5. The minimum Gasteiger partial charge on any atom is -0.480 e. The number of carboxylic acid groups (broad SMARTS) is 1. The maximum atomic E-state index is 10.7. The zero-order valence-electron chi connectivity index (χ0n) is 9.24. The number of anilines is 1. The molecule has 7 nitrogen and oxygen atoms in total. The number of nitrogens with zero attached hydrogens (tertiary/aromatic N) is 3. The van der Waals surface area contributed by atoms with Crippen LogP contribution in [0.3, 0.4) is 0 Å². The van der Waals surface area contributed by atoms with Crippen LogP contribution in [0.2, 0.25) is 5.02 Å². The van der Waals surface area contributed by atoms with Gasteiger partial charge in [0.05, 0.1) is 9.95 Å². The fourth-order valence-electron chi connectivity index (χ4n) is 1.30. The van der Waals surface area contributed by atoms with E-state index in [2.05, 4.69) is 11.6 Å². The summed E-state index contributed by atoms with van der Waals surface area (Å²) in [6.07, 6.45) is 2.52. The normalized spacial score (nSPS) is 9.83. The molecule has 0 fully saturated rings. The molecule has 0 radical (unpaired) electrons. The van der Waals surface area contributed by atoms with E-state index >= 15 is 0 Å². The molecule has 0 saturated carbocycles. The van der Waals surface area contributed by atoms with E-state index in [0.717, 1.165) is 12.3 Å². The summed E-state index contributed by atoms with van der Waals surface area (Å²) in [5.41, 5.74) is -0.252. The number of hydrogen-bond donors (Lipinski definition) is 1. The van der Waals surface area contributed by atoms with Gasteiger partial charge in [0.2, 0.25) is 0 Å². The van der Waals surface area contributed by atoms with Gasteiger partial charge < -0.3 is 10.0 Å². The molecule has 1 heterocycles. The topological polar surface area (TPSA) is 96.6 Å². The van der Waals surface area contributed by atoms with Gasteiger partial charge in [-0.3, -0.25) is 14.9 Å². The van der Waals surface area contributed by atoms with E-state index in [0.29, 0.717) is 0 Å². The standard InChI is InChI=1S/C10H10ClN3O4/c1-2-3-13(6-9(15)16)10-8(11)4-7(5-12-10)14(17)18/h2,4-5H,1,3,6H2,(H,15,16). The minimum absolute atomic E-state index is 0.0206. The van der Waals surface area contributed by atoms with E-state index in [1.807, 2.05) is 0 Å². The van der Waals surface area contributed by atoms with Crippen LogP contribution in [0.25, 0.3) is 0 Å². The number of aliphatic carboxylic acids is 1. The van der Waals surface area contributed by atoms with Crippen LogP contribution >= 0.6 is 11.6 Å². The second kappa shape index (κ2) is 5.97. The van der Waals surface area contributed by atoms with Gasteiger partial charge in [-0.05, 0) is 0 Å². The zero-order valence-corrected chi connectivity index (χ0v) is 10.0. The Hall–Kier alpha value is -2.15. The molecule has 8 heteroatoms. The Kier molecular flexibility index (Phi) is 4.61. The molecule has 18 heavy (non-hydrogen) atoms. The van der Waals surface area contributed by atoms with Crippen molar-refractivity contribution in [3.63, 3.8) is 0 Å². The highest BCUT2D eigenvalue weighted by atomic mass is 35.5. The molecule has 0 aliphatic carbocycles. The molecule has 0 saturated heterocycles. The fraction of sp³-hybridized carbons (Fsp3) is 0.200. The Labute approximate surface area is 107 Å². The summed E-state index contributed by atoms with van der Waals surface area (Å²) in [6, 6.07) is 1.13. The zero-order chi connectivity index (χ0) is 13.7. The summed E-state index contributed by atoms with van der Waals surface area (Å²) in [6.45, 7) is 3.39. The Morgan fingerprint density at radius 1 is 1.72 bits per heavy atom. The highest BCUT2D eigenvalue weighted by Crippen LogP contribution is 2.26. The Balaban J connectivity index is 3.08. The van der Waals surface area contributed by atoms with Crippen molar-refractivity contribution in [1.82, 2.24) is 4.98 Å². The van der Waals surface area contributed by atoms with Crippen LogP contribution in [0.4, 0.5) is 11.5 Å². The van der Waals surface area contributed by atoms with Gasteiger partial charge in [0, 0.05) is 12.6 Å². The molecule has 0 aromatic carbocycles. The molecule has 0 unspecified atom stereocenters. The highest BCUT2D eigenvalue weighted by molar-refractivity contribution is 6.33. The summed E-state index contributed by atoms with van der Waals surface area (Å²) in [4.78, 5) is 25.7. The lowest BCUT2D eigenvalue weighted by Gasteiger charge is -2.20. The van der Waals surface area contributed by atoms with Gasteiger partial charge in [-0.15, -0.1) is 6.58 Å². The van der Waals surface area contributed by atoms with E-state index < -0.39 is 10.9 Å². The third kappa shape index (κ3) is 3.42. The molecule has 0 aliphatic heterocycles. The van der Waals surface area contributed by atoms with Crippen molar-refractivity contribution >= 4 is 29.1 Å². The molecule has 1 N–H and O–H groups in total. The molecular formula is C10H10ClN3O4. The van der Waals surface area contributed by atoms with Crippen molar-refractivity contribution in [2.75, 3.05) is 18.0 Å². The van der Waals surface area contributed by atoms with Crippen molar-refractivity contribution in [2.45, 2.75) is 0 Å². The van der Waals surface area contributed by atoms with E-state index in [-0.39, 0.29) is 29.6 Å². The summed E-state index contributed by atoms with van der Waals surface area (Å²) in [5.74, 6) is -0.891. The molecule has 0 atom stereocenters. The van der Waals surface area contributed by atoms with E-state index in [4.69, 9.17) is 16.7 Å². The van der Waals surface area contributed by atoms with Crippen LogP contribution in [0.15, 0.2) is 24.9 Å². The average Bonchev–Trinajstić information content (AvgIpc) is 2.27. The predicted molar refractivity (Wildman–Crippen MR) is 65.9 cm³/mol. The average molecular weight is 272 g/mol. The summed E-state index contributed by atoms with van der Waals surface area (Å²) < 4.78 is 0. The van der Waals surface area contributed by atoms with Gasteiger partial charge in [-0.25, -0.2) is 4.98 Å². The minimum atomic E-state index is -1.06. The molecule has 96 valence electrons. The molecule has 1 rings (SSSR count). The van der Waals surface area contributed by atoms with Crippen molar-refractivity contribution < 1.29 is 14.8 Å². The van der Waals surface area contributed by atoms with Gasteiger partial charge in [0.15, 0.2) is 0 Å². The number of nitro groups is 1. The van der Waals surface area contributed by atoms with Crippen molar-refractivity contribution in [3.05, 3.63) is 40.1 Å². The van der Waals surface area contributed by atoms with E-state index in [1.165, 1.54) is 11.0 Å². The van der Waals surface area contributed by atoms with Gasteiger partial charge in [-0.1, -0.05) is 17.7 Å². The second-order valence-electron chi connectivity index (χ2n) is 3.32. The predicted octanol–water partition coefficient (Wildman–Crippen LogP) is 1.72. The first kappa shape index (κ1) is 13.9. The summed E-state index contributed by atoms with van der Waals surface area (Å²) >= 11 is 5.85. The van der Waals surface area contributed by atoms with Crippen LogP contribution in [0.5, 0.6) is 0 Å². The number of aromatic nitrogens is 1. The molecule has 0 aliphatic rings. The Bertz CT molecular complexity index is 492. The summed E-state index contributed by atoms with van der Waals surface area (Å²) in [5, 5.41) is 19.3. The highest BCUT2D eigenvalue weighted by Gasteiger charge is 2.17. The third-order valence-electron chi connectivity index (χ3n) is 1.99. The van der Waals surface area contributed by atoms with Crippen LogP contribution in [0.1, 0.15) is 0 Å². The quantitative estimate of drug-likeness (QED) is 0.481. The Morgan fingerprint density at radius 2 is 2.39 bits per heavy atom. The van der Waals surface area contributed by atoms with E-state index in [1.54, 1.807) is 0 Å². The van der Waals surface area contributed by atoms with Crippen molar-refractivity contribution in [3.8, 4) is 0 Å². The fourth-order valence-corrected chi connectivity index (χ4v) is 1.58. The first-order valence-corrected chi connectivity index (χ1v) is 5.21. The van der Waals surface area contributed by atoms with Crippen molar-refractivity contribution in [1.29, 1.82) is 0 Å². The second-order valence-corrected chi connectivity index (χ2v) is 3.73. The molecule has 0 bridgehead atoms. The van der Waals surface area contributed by atoms with Crippen molar-refractivity contribution in [2.24, 2.45) is 0 Å². The van der Waals surface area contributed by atoms with Gasteiger partial charge in [0.25, 0.3) is 5.69 Å². The van der Waals surface area contributed by atoms with Crippen LogP contribution in [-0.4, -0.2) is 34.1 Å². The molecule has 1 aromatic rings. The first-order chi connectivity index (χ1) is 8.45. The summed E-state index contributed by atoms with van der Waals surface area (Å²) in [7, 11) is 0. The van der Waals surface area contributed by atoms with E-state index in [9.17, 15) is 14.9 Å². The SMILES string of the molecule is C=CCN(CC(=O)O)c1ncc([N+](=O)[O-])cc1Cl. The number of pyridine rings is 1. The molecular weight excluding hydrogens is 262 g/mol. The number of halogens is 1. The smallest absolute Gasteiger partial charge is 0.323 e. The lowest BCUT2D eigenvalue weighted by molar-refractivity contribution is -0.385. The van der Waals surface area contributed by atoms with Gasteiger partial charge in [0.1, 0.15) is 18.6 Å².